The maximum Gasteiger partial charge on any atom is 0.422 e. The van der Waals surface area contributed by atoms with Crippen LogP contribution in [0.2, 0.25) is 0 Å². The van der Waals surface area contributed by atoms with E-state index in [2.05, 4.69) is 25.2 Å². The van der Waals surface area contributed by atoms with Crippen molar-refractivity contribution in [3.8, 4) is 5.88 Å². The lowest BCUT2D eigenvalue weighted by Gasteiger charge is -2.12. The predicted molar refractivity (Wildman–Crippen MR) is 69.3 cm³/mol. The number of rotatable bonds is 4. The van der Waals surface area contributed by atoms with E-state index in [4.69, 9.17) is 0 Å². The van der Waals surface area contributed by atoms with E-state index in [9.17, 15) is 13.2 Å². The van der Waals surface area contributed by atoms with Crippen molar-refractivity contribution in [2.24, 2.45) is 0 Å². The molecule has 22 heavy (non-hydrogen) atoms. The van der Waals surface area contributed by atoms with Crippen molar-refractivity contribution < 1.29 is 17.9 Å². The first-order chi connectivity index (χ1) is 10.5. The fourth-order valence-corrected chi connectivity index (χ4v) is 2.37. The number of ether oxygens (including phenoxy) is 1. The van der Waals surface area contributed by atoms with Crippen LogP contribution >= 0.6 is 0 Å². The van der Waals surface area contributed by atoms with Crippen LogP contribution in [0.1, 0.15) is 29.9 Å². The second kappa shape index (κ2) is 5.90. The van der Waals surface area contributed by atoms with E-state index in [1.54, 1.807) is 10.7 Å². The Morgan fingerprint density at radius 2 is 1.91 bits per heavy atom. The number of aromatic nitrogens is 5. The van der Waals surface area contributed by atoms with Crippen molar-refractivity contribution in [1.29, 1.82) is 0 Å². The topological polar surface area (TPSA) is 65.7 Å². The molecule has 6 nitrogen and oxygen atoms in total. The molecule has 2 aromatic rings. The standard InChI is InChI=1S/C13H14F3N5O/c14-13(15,16)8-22-12-6-5-9(17-19-12)7-21-11-4-2-1-3-10(11)18-20-21/h5-6H,1-4,7-8H2. The highest BCUT2D eigenvalue weighted by Crippen LogP contribution is 2.19. The number of hydrogen-bond donors (Lipinski definition) is 0. The van der Waals surface area contributed by atoms with Crippen LogP contribution in [-0.4, -0.2) is 38.0 Å². The lowest BCUT2D eigenvalue weighted by atomic mass is 10.0. The minimum atomic E-state index is -4.39. The van der Waals surface area contributed by atoms with Gasteiger partial charge in [0.25, 0.3) is 0 Å². The SMILES string of the molecule is FC(F)(F)COc1ccc(Cn2nnc3c2CCCC3)nn1. The van der Waals surface area contributed by atoms with Gasteiger partial charge in [-0.1, -0.05) is 5.21 Å². The van der Waals surface area contributed by atoms with Gasteiger partial charge in [-0.3, -0.25) is 0 Å². The molecular formula is C13H14F3N5O. The van der Waals surface area contributed by atoms with Gasteiger partial charge in [0.15, 0.2) is 6.61 Å². The lowest BCUT2D eigenvalue weighted by Crippen LogP contribution is -2.20. The Hall–Kier alpha value is -2.19. The zero-order chi connectivity index (χ0) is 15.6. The fourth-order valence-electron chi connectivity index (χ4n) is 2.37. The largest absolute Gasteiger partial charge is 0.467 e. The first-order valence-electron chi connectivity index (χ1n) is 6.95. The average molecular weight is 313 g/mol. The molecule has 0 bridgehead atoms. The summed E-state index contributed by atoms with van der Waals surface area (Å²) in [6.45, 7) is -0.980. The summed E-state index contributed by atoms with van der Waals surface area (Å²) < 4.78 is 42.4. The number of aryl methyl sites for hydroxylation is 1. The molecule has 1 aliphatic rings. The van der Waals surface area contributed by atoms with Crippen LogP contribution in [0.5, 0.6) is 5.88 Å². The van der Waals surface area contributed by atoms with E-state index in [1.165, 1.54) is 6.07 Å². The first kappa shape index (κ1) is 14.7. The molecule has 118 valence electrons. The molecule has 0 amide bonds. The quantitative estimate of drug-likeness (QED) is 0.863. The number of nitrogens with zero attached hydrogens (tertiary/aromatic N) is 5. The van der Waals surface area contributed by atoms with Gasteiger partial charge in [0.05, 0.1) is 23.6 Å². The van der Waals surface area contributed by atoms with E-state index >= 15 is 0 Å². The minimum Gasteiger partial charge on any atom is -0.467 e. The average Bonchev–Trinajstić information content (AvgIpc) is 2.89. The van der Waals surface area contributed by atoms with Gasteiger partial charge in [0.2, 0.25) is 5.88 Å². The zero-order valence-electron chi connectivity index (χ0n) is 11.7. The van der Waals surface area contributed by atoms with Gasteiger partial charge in [0, 0.05) is 6.07 Å². The van der Waals surface area contributed by atoms with Crippen molar-refractivity contribution in [2.75, 3.05) is 6.61 Å². The summed E-state index contributed by atoms with van der Waals surface area (Å²) in [5.41, 5.74) is 2.72. The lowest BCUT2D eigenvalue weighted by molar-refractivity contribution is -0.154. The molecule has 9 heteroatoms. The van der Waals surface area contributed by atoms with Crippen molar-refractivity contribution in [2.45, 2.75) is 38.4 Å². The second-order valence-corrected chi connectivity index (χ2v) is 5.11. The molecule has 0 unspecified atom stereocenters. The molecule has 0 N–H and O–H groups in total. The Morgan fingerprint density at radius 1 is 1.09 bits per heavy atom. The molecule has 2 aromatic heterocycles. The third-order valence-electron chi connectivity index (χ3n) is 3.39. The molecular weight excluding hydrogens is 299 g/mol. The van der Waals surface area contributed by atoms with Crippen LogP contribution in [0.4, 0.5) is 13.2 Å². The van der Waals surface area contributed by atoms with Crippen molar-refractivity contribution in [3.05, 3.63) is 29.2 Å². The molecule has 0 aromatic carbocycles. The minimum absolute atomic E-state index is 0.151. The van der Waals surface area contributed by atoms with Crippen molar-refractivity contribution in [1.82, 2.24) is 25.2 Å². The van der Waals surface area contributed by atoms with Crippen LogP contribution in [-0.2, 0) is 19.4 Å². The van der Waals surface area contributed by atoms with E-state index in [0.29, 0.717) is 12.2 Å². The van der Waals surface area contributed by atoms with Crippen molar-refractivity contribution >= 4 is 0 Å². The zero-order valence-corrected chi connectivity index (χ0v) is 11.7. The van der Waals surface area contributed by atoms with Crippen LogP contribution in [0, 0.1) is 0 Å². The summed E-state index contributed by atoms with van der Waals surface area (Å²) in [5, 5.41) is 15.8. The Kier molecular flexibility index (Phi) is 3.95. The number of hydrogen-bond acceptors (Lipinski definition) is 5. The maximum atomic E-state index is 12.0. The van der Waals surface area contributed by atoms with Crippen LogP contribution in [0.25, 0.3) is 0 Å². The molecule has 0 aliphatic heterocycles. The number of alkyl halides is 3. The van der Waals surface area contributed by atoms with Gasteiger partial charge in [-0.15, -0.1) is 15.3 Å². The summed E-state index contributed by atoms with van der Waals surface area (Å²) in [6.07, 6.45) is -0.291. The summed E-state index contributed by atoms with van der Waals surface area (Å²) in [6, 6.07) is 2.95. The normalized spacial score (nSPS) is 14.7. The highest BCUT2D eigenvalue weighted by Gasteiger charge is 2.28. The van der Waals surface area contributed by atoms with Gasteiger partial charge in [-0.05, 0) is 31.7 Å². The van der Waals surface area contributed by atoms with Crippen LogP contribution < -0.4 is 4.74 Å². The van der Waals surface area contributed by atoms with E-state index < -0.39 is 12.8 Å². The number of halogens is 3. The first-order valence-corrected chi connectivity index (χ1v) is 6.95. The smallest absolute Gasteiger partial charge is 0.422 e. The molecule has 0 saturated heterocycles. The number of fused-ring (bicyclic) bond motifs is 1. The van der Waals surface area contributed by atoms with E-state index in [1.807, 2.05) is 0 Å². The molecule has 0 spiro atoms. The molecule has 0 atom stereocenters. The Balaban J connectivity index is 1.65. The molecule has 0 fully saturated rings. The van der Waals surface area contributed by atoms with Crippen molar-refractivity contribution in [3.63, 3.8) is 0 Å². The monoisotopic (exact) mass is 313 g/mol. The molecule has 0 saturated carbocycles. The van der Waals surface area contributed by atoms with E-state index in [0.717, 1.165) is 37.1 Å². The molecule has 1 aliphatic carbocycles. The Labute approximate surface area is 124 Å². The van der Waals surface area contributed by atoms with Crippen LogP contribution in [0.15, 0.2) is 12.1 Å². The van der Waals surface area contributed by atoms with Gasteiger partial charge in [-0.2, -0.15) is 13.2 Å². The molecule has 0 radical (unpaired) electrons. The summed E-state index contributed by atoms with van der Waals surface area (Å²) in [4.78, 5) is 0. The van der Waals surface area contributed by atoms with E-state index in [-0.39, 0.29) is 5.88 Å². The molecule has 3 rings (SSSR count). The third-order valence-corrected chi connectivity index (χ3v) is 3.39. The summed E-state index contributed by atoms with van der Waals surface area (Å²) >= 11 is 0. The second-order valence-electron chi connectivity index (χ2n) is 5.11. The van der Waals surface area contributed by atoms with Gasteiger partial charge in [0.1, 0.15) is 0 Å². The fraction of sp³-hybridized carbons (Fsp3) is 0.538. The summed E-state index contributed by atoms with van der Waals surface area (Å²) in [5.74, 6) is -0.151. The van der Waals surface area contributed by atoms with Gasteiger partial charge < -0.3 is 4.74 Å². The Bertz CT molecular complexity index is 638. The van der Waals surface area contributed by atoms with Crippen LogP contribution in [0.3, 0.4) is 0 Å². The highest BCUT2D eigenvalue weighted by atomic mass is 19.4. The predicted octanol–water partition coefficient (Wildman–Crippen LogP) is 1.94. The summed E-state index contributed by atoms with van der Waals surface area (Å²) in [7, 11) is 0. The third kappa shape index (κ3) is 3.52. The highest BCUT2D eigenvalue weighted by molar-refractivity contribution is 5.16. The van der Waals surface area contributed by atoms with Gasteiger partial charge >= 0.3 is 6.18 Å². The maximum absolute atomic E-state index is 12.0. The Morgan fingerprint density at radius 3 is 2.64 bits per heavy atom. The molecule has 2 heterocycles. The van der Waals surface area contributed by atoms with Gasteiger partial charge in [-0.25, -0.2) is 4.68 Å².